The van der Waals surface area contributed by atoms with Gasteiger partial charge >= 0.3 is 0 Å². The average Bonchev–Trinajstić information content (AvgIpc) is 2.78. The van der Waals surface area contributed by atoms with E-state index in [0.29, 0.717) is 34.1 Å². The molecule has 30 heavy (non-hydrogen) atoms. The standard InChI is InChI=1S/C23H19N3O4/c1-29-20-7-3-2-6-19(20)23(28)25-16-9-11-18(12-10-16)30-15-17-14-22(27)26-13-5-4-8-21(26)24-17/h2-14H,15H2,1H3,(H,25,28). The van der Waals surface area contributed by atoms with Crippen molar-refractivity contribution in [3.8, 4) is 11.5 Å². The van der Waals surface area contributed by atoms with Crippen LogP contribution in [-0.2, 0) is 6.61 Å². The molecule has 0 aliphatic heterocycles. The van der Waals surface area contributed by atoms with Crippen LogP contribution in [0.1, 0.15) is 16.1 Å². The van der Waals surface area contributed by atoms with Gasteiger partial charge in [-0.1, -0.05) is 18.2 Å². The van der Waals surface area contributed by atoms with Crippen molar-refractivity contribution >= 4 is 17.2 Å². The van der Waals surface area contributed by atoms with E-state index in [4.69, 9.17) is 9.47 Å². The number of carbonyl (C=O) groups is 1. The molecule has 0 bridgehead atoms. The number of nitrogens with zero attached hydrogens (tertiary/aromatic N) is 2. The monoisotopic (exact) mass is 401 g/mol. The number of carbonyl (C=O) groups excluding carboxylic acids is 1. The van der Waals surface area contributed by atoms with Crippen molar-refractivity contribution in [2.75, 3.05) is 12.4 Å². The summed E-state index contributed by atoms with van der Waals surface area (Å²) < 4.78 is 12.4. The summed E-state index contributed by atoms with van der Waals surface area (Å²) in [4.78, 5) is 29.0. The van der Waals surface area contributed by atoms with Gasteiger partial charge < -0.3 is 14.8 Å². The van der Waals surface area contributed by atoms with E-state index in [2.05, 4.69) is 10.3 Å². The summed E-state index contributed by atoms with van der Waals surface area (Å²) >= 11 is 0. The first-order valence-corrected chi connectivity index (χ1v) is 9.28. The smallest absolute Gasteiger partial charge is 0.259 e. The number of rotatable bonds is 6. The zero-order valence-electron chi connectivity index (χ0n) is 16.2. The fraction of sp³-hybridized carbons (Fsp3) is 0.0870. The van der Waals surface area contributed by atoms with Crippen LogP contribution in [0.15, 0.2) is 83.8 Å². The second-order valence-electron chi connectivity index (χ2n) is 6.48. The van der Waals surface area contributed by atoms with Gasteiger partial charge in [-0.3, -0.25) is 14.0 Å². The van der Waals surface area contributed by atoms with Gasteiger partial charge in [-0.05, 0) is 48.5 Å². The third-order valence-electron chi connectivity index (χ3n) is 4.47. The van der Waals surface area contributed by atoms with Crippen molar-refractivity contribution in [2.24, 2.45) is 0 Å². The number of hydrogen-bond acceptors (Lipinski definition) is 5. The molecule has 0 atom stereocenters. The average molecular weight is 401 g/mol. The molecular formula is C23H19N3O4. The first kappa shape index (κ1) is 19.2. The highest BCUT2D eigenvalue weighted by atomic mass is 16.5. The van der Waals surface area contributed by atoms with E-state index in [1.165, 1.54) is 17.6 Å². The molecule has 0 fully saturated rings. The molecule has 0 unspecified atom stereocenters. The minimum absolute atomic E-state index is 0.159. The van der Waals surface area contributed by atoms with Crippen LogP contribution in [0.2, 0.25) is 0 Å². The van der Waals surface area contributed by atoms with Crippen LogP contribution in [-0.4, -0.2) is 22.4 Å². The molecule has 1 amide bonds. The summed E-state index contributed by atoms with van der Waals surface area (Å²) in [5.74, 6) is 0.844. The maximum atomic E-state index is 12.5. The Hall–Kier alpha value is -4.13. The molecule has 0 aliphatic carbocycles. The van der Waals surface area contributed by atoms with E-state index < -0.39 is 0 Å². The van der Waals surface area contributed by atoms with Crippen LogP contribution in [0.3, 0.4) is 0 Å². The van der Waals surface area contributed by atoms with E-state index in [1.807, 2.05) is 6.07 Å². The van der Waals surface area contributed by atoms with E-state index in [1.54, 1.807) is 66.9 Å². The molecule has 0 spiro atoms. The topological polar surface area (TPSA) is 81.9 Å². The first-order valence-electron chi connectivity index (χ1n) is 9.28. The van der Waals surface area contributed by atoms with Crippen molar-refractivity contribution in [1.29, 1.82) is 0 Å². The molecule has 0 saturated carbocycles. The first-order chi connectivity index (χ1) is 14.6. The molecule has 150 valence electrons. The molecule has 1 N–H and O–H groups in total. The van der Waals surface area contributed by atoms with Gasteiger partial charge in [0.2, 0.25) is 0 Å². The summed E-state index contributed by atoms with van der Waals surface area (Å²) in [6, 6.07) is 20.8. The number of benzene rings is 2. The highest BCUT2D eigenvalue weighted by Gasteiger charge is 2.11. The Morgan fingerprint density at radius 3 is 2.60 bits per heavy atom. The molecule has 2 heterocycles. The van der Waals surface area contributed by atoms with Crippen molar-refractivity contribution < 1.29 is 14.3 Å². The van der Waals surface area contributed by atoms with Gasteiger partial charge in [0.25, 0.3) is 11.5 Å². The highest BCUT2D eigenvalue weighted by molar-refractivity contribution is 6.06. The zero-order chi connectivity index (χ0) is 20.9. The molecular weight excluding hydrogens is 382 g/mol. The van der Waals surface area contributed by atoms with Crippen LogP contribution < -0.4 is 20.3 Å². The zero-order valence-corrected chi connectivity index (χ0v) is 16.2. The van der Waals surface area contributed by atoms with Crippen LogP contribution >= 0.6 is 0 Å². The number of nitrogens with one attached hydrogen (secondary N) is 1. The lowest BCUT2D eigenvalue weighted by Gasteiger charge is -2.10. The number of pyridine rings is 1. The highest BCUT2D eigenvalue weighted by Crippen LogP contribution is 2.21. The van der Waals surface area contributed by atoms with Gasteiger partial charge in [-0.25, -0.2) is 4.98 Å². The molecule has 7 nitrogen and oxygen atoms in total. The van der Waals surface area contributed by atoms with Gasteiger partial charge in [0.1, 0.15) is 23.8 Å². The van der Waals surface area contributed by atoms with Crippen molar-refractivity contribution in [3.63, 3.8) is 0 Å². The Bertz CT molecular complexity index is 1250. The van der Waals surface area contributed by atoms with Gasteiger partial charge in [-0.2, -0.15) is 0 Å². The summed E-state index contributed by atoms with van der Waals surface area (Å²) in [6.45, 7) is 0.160. The Balaban J connectivity index is 1.42. The maximum absolute atomic E-state index is 12.5. The minimum atomic E-state index is -0.262. The summed E-state index contributed by atoms with van der Waals surface area (Å²) in [7, 11) is 1.52. The number of ether oxygens (including phenoxy) is 2. The molecule has 0 saturated heterocycles. The molecule has 2 aromatic carbocycles. The molecule has 0 aliphatic rings. The Morgan fingerprint density at radius 1 is 1.03 bits per heavy atom. The molecule has 2 aromatic heterocycles. The predicted octanol–water partition coefficient (Wildman–Crippen LogP) is 3.53. The molecule has 7 heteroatoms. The number of anilines is 1. The van der Waals surface area contributed by atoms with Crippen molar-refractivity contribution in [2.45, 2.75) is 6.61 Å². The quantitative estimate of drug-likeness (QED) is 0.534. The van der Waals surface area contributed by atoms with Crippen LogP contribution in [0.5, 0.6) is 11.5 Å². The van der Waals surface area contributed by atoms with Gasteiger partial charge in [0, 0.05) is 18.0 Å². The Kier molecular flexibility index (Phi) is 5.43. The summed E-state index contributed by atoms with van der Waals surface area (Å²) in [6.07, 6.45) is 1.67. The molecule has 0 radical (unpaired) electrons. The number of para-hydroxylation sites is 1. The number of hydrogen-bond donors (Lipinski definition) is 1. The van der Waals surface area contributed by atoms with Crippen molar-refractivity contribution in [1.82, 2.24) is 9.38 Å². The van der Waals surface area contributed by atoms with Crippen LogP contribution in [0.4, 0.5) is 5.69 Å². The SMILES string of the molecule is COc1ccccc1C(=O)Nc1ccc(OCc2cc(=O)n3ccccc3n2)cc1. The second kappa shape index (κ2) is 8.48. The van der Waals surface area contributed by atoms with E-state index in [9.17, 15) is 9.59 Å². The van der Waals surface area contributed by atoms with E-state index in [0.717, 1.165) is 0 Å². The maximum Gasteiger partial charge on any atom is 0.259 e. The fourth-order valence-corrected chi connectivity index (χ4v) is 3.00. The van der Waals surface area contributed by atoms with Gasteiger partial charge in [0.05, 0.1) is 18.4 Å². The largest absolute Gasteiger partial charge is 0.496 e. The van der Waals surface area contributed by atoms with Gasteiger partial charge in [0.15, 0.2) is 0 Å². The normalized spacial score (nSPS) is 10.6. The summed E-state index contributed by atoms with van der Waals surface area (Å²) in [5.41, 5.74) is 2.03. The lowest BCUT2D eigenvalue weighted by Crippen LogP contribution is -2.16. The third-order valence-corrected chi connectivity index (χ3v) is 4.47. The minimum Gasteiger partial charge on any atom is -0.496 e. The Morgan fingerprint density at radius 2 is 1.80 bits per heavy atom. The van der Waals surface area contributed by atoms with Crippen LogP contribution in [0, 0.1) is 0 Å². The molecule has 4 rings (SSSR count). The second-order valence-corrected chi connectivity index (χ2v) is 6.48. The van der Waals surface area contributed by atoms with Crippen molar-refractivity contribution in [3.05, 3.63) is 101 Å². The Labute approximate surface area is 172 Å². The van der Waals surface area contributed by atoms with Gasteiger partial charge in [-0.15, -0.1) is 0 Å². The number of amides is 1. The van der Waals surface area contributed by atoms with E-state index >= 15 is 0 Å². The predicted molar refractivity (Wildman–Crippen MR) is 113 cm³/mol. The lowest BCUT2D eigenvalue weighted by atomic mass is 10.2. The third kappa shape index (κ3) is 4.15. The number of fused-ring (bicyclic) bond motifs is 1. The molecule has 4 aromatic rings. The lowest BCUT2D eigenvalue weighted by molar-refractivity contribution is 0.102. The van der Waals surface area contributed by atoms with Crippen LogP contribution in [0.25, 0.3) is 5.65 Å². The fourth-order valence-electron chi connectivity index (χ4n) is 3.00. The van der Waals surface area contributed by atoms with E-state index in [-0.39, 0.29) is 18.1 Å². The summed E-state index contributed by atoms with van der Waals surface area (Å²) in [5, 5.41) is 2.83. The number of aromatic nitrogens is 2. The number of methoxy groups -OCH3 is 1.